The molecule has 1 fully saturated rings. The Bertz CT molecular complexity index is 849. The molecule has 1 unspecified atom stereocenters. The summed E-state index contributed by atoms with van der Waals surface area (Å²) in [6.07, 6.45) is 1.64. The highest BCUT2D eigenvalue weighted by molar-refractivity contribution is 14.0. The second-order valence-corrected chi connectivity index (χ2v) is 7.40. The number of halogens is 3. The van der Waals surface area contributed by atoms with E-state index in [1.54, 1.807) is 12.1 Å². The van der Waals surface area contributed by atoms with Crippen LogP contribution in [0.1, 0.15) is 37.0 Å². The molecule has 1 aliphatic carbocycles. The number of para-hydroxylation sites is 1. The number of hydrogen-bond donors (Lipinski definition) is 3. The first-order valence-corrected chi connectivity index (χ1v) is 10.5. The van der Waals surface area contributed by atoms with Crippen molar-refractivity contribution in [3.63, 3.8) is 0 Å². The monoisotopic (exact) mass is 561 g/mol. The number of nitrogens with one attached hydrogen (secondary N) is 2. The largest absolute Gasteiger partial charge is 0.493 e. The topological polar surface area (TPSA) is 75.1 Å². The molecule has 3 rings (SSSR count). The molecule has 32 heavy (non-hydrogen) atoms. The molecule has 0 radical (unpaired) electrons. The number of alkyl halides is 2. The third-order valence-corrected chi connectivity index (χ3v) is 4.85. The van der Waals surface area contributed by atoms with Gasteiger partial charge in [0.05, 0.1) is 19.3 Å². The molecule has 1 aliphatic rings. The average Bonchev–Trinajstić information content (AvgIpc) is 3.59. The van der Waals surface area contributed by atoms with E-state index in [2.05, 4.69) is 20.4 Å². The molecule has 2 aromatic carbocycles. The quantitative estimate of drug-likeness (QED) is 0.214. The molecular weight excluding hydrogens is 531 g/mol. The molecule has 0 spiro atoms. The van der Waals surface area contributed by atoms with Crippen LogP contribution in [0.2, 0.25) is 0 Å². The van der Waals surface area contributed by atoms with Crippen LogP contribution in [0.25, 0.3) is 0 Å². The van der Waals surface area contributed by atoms with Gasteiger partial charge in [0, 0.05) is 18.7 Å². The van der Waals surface area contributed by atoms with Gasteiger partial charge in [0.2, 0.25) is 0 Å². The van der Waals surface area contributed by atoms with Crippen LogP contribution in [-0.4, -0.2) is 37.4 Å². The van der Waals surface area contributed by atoms with E-state index in [0.29, 0.717) is 30.5 Å². The molecule has 6 nitrogen and oxygen atoms in total. The van der Waals surface area contributed by atoms with Crippen LogP contribution in [-0.2, 0) is 6.54 Å². The SMILES string of the molecule is CCNC(=NCc1ccccc1OCC1CC1)NCC(O)c1ccc(OC(F)F)cc1.I. The van der Waals surface area contributed by atoms with Crippen molar-refractivity contribution in [3.05, 3.63) is 59.7 Å². The third-order valence-electron chi connectivity index (χ3n) is 4.85. The van der Waals surface area contributed by atoms with Crippen molar-refractivity contribution < 1.29 is 23.4 Å². The second-order valence-electron chi connectivity index (χ2n) is 7.40. The average molecular weight is 561 g/mol. The van der Waals surface area contributed by atoms with E-state index in [1.165, 1.54) is 25.0 Å². The number of ether oxygens (including phenoxy) is 2. The Morgan fingerprint density at radius 2 is 1.84 bits per heavy atom. The lowest BCUT2D eigenvalue weighted by Gasteiger charge is -2.16. The Hall–Kier alpha value is -2.14. The zero-order chi connectivity index (χ0) is 22.1. The van der Waals surface area contributed by atoms with Gasteiger partial charge in [-0.3, -0.25) is 0 Å². The third kappa shape index (κ3) is 8.78. The Morgan fingerprint density at radius 1 is 1.12 bits per heavy atom. The highest BCUT2D eigenvalue weighted by Gasteiger charge is 2.22. The highest BCUT2D eigenvalue weighted by atomic mass is 127. The Morgan fingerprint density at radius 3 is 2.50 bits per heavy atom. The van der Waals surface area contributed by atoms with Crippen molar-refractivity contribution in [1.29, 1.82) is 0 Å². The van der Waals surface area contributed by atoms with Crippen LogP contribution >= 0.6 is 24.0 Å². The van der Waals surface area contributed by atoms with Gasteiger partial charge in [-0.2, -0.15) is 8.78 Å². The van der Waals surface area contributed by atoms with Crippen molar-refractivity contribution in [3.8, 4) is 11.5 Å². The van der Waals surface area contributed by atoms with Gasteiger partial charge in [-0.1, -0.05) is 30.3 Å². The van der Waals surface area contributed by atoms with E-state index in [9.17, 15) is 13.9 Å². The normalized spacial score (nSPS) is 14.5. The van der Waals surface area contributed by atoms with Crippen molar-refractivity contribution in [2.24, 2.45) is 10.9 Å². The van der Waals surface area contributed by atoms with Gasteiger partial charge in [-0.05, 0) is 49.4 Å². The summed E-state index contributed by atoms with van der Waals surface area (Å²) in [4.78, 5) is 4.60. The summed E-state index contributed by atoms with van der Waals surface area (Å²) in [5.41, 5.74) is 1.58. The molecule has 3 N–H and O–H groups in total. The van der Waals surface area contributed by atoms with Crippen LogP contribution in [0.5, 0.6) is 11.5 Å². The number of aliphatic imine (C=N–C) groups is 1. The van der Waals surface area contributed by atoms with E-state index >= 15 is 0 Å². The number of hydrogen-bond acceptors (Lipinski definition) is 4. The molecule has 176 valence electrons. The molecular formula is C23H30F2IN3O3. The molecule has 9 heteroatoms. The number of aliphatic hydroxyl groups excluding tert-OH is 1. The minimum Gasteiger partial charge on any atom is -0.493 e. The number of aliphatic hydroxyl groups is 1. The second kappa shape index (κ2) is 13.4. The predicted octanol–water partition coefficient (Wildman–Crippen LogP) is 4.48. The molecule has 1 saturated carbocycles. The first-order chi connectivity index (χ1) is 15.0. The zero-order valence-corrected chi connectivity index (χ0v) is 20.3. The van der Waals surface area contributed by atoms with E-state index in [1.807, 2.05) is 31.2 Å². The number of guanidine groups is 1. The van der Waals surface area contributed by atoms with E-state index < -0.39 is 12.7 Å². The summed E-state index contributed by atoms with van der Waals surface area (Å²) in [6, 6.07) is 13.8. The van der Waals surface area contributed by atoms with Crippen LogP contribution in [0.15, 0.2) is 53.5 Å². The van der Waals surface area contributed by atoms with Gasteiger partial charge < -0.3 is 25.2 Å². The maximum absolute atomic E-state index is 12.3. The Balaban J connectivity index is 0.00000363. The summed E-state index contributed by atoms with van der Waals surface area (Å²) in [7, 11) is 0. The lowest BCUT2D eigenvalue weighted by atomic mass is 10.1. The van der Waals surface area contributed by atoms with E-state index in [-0.39, 0.29) is 36.3 Å². The number of nitrogens with zero attached hydrogens (tertiary/aromatic N) is 1. The highest BCUT2D eigenvalue weighted by Crippen LogP contribution is 2.30. The predicted molar refractivity (Wildman–Crippen MR) is 131 cm³/mol. The fourth-order valence-corrected chi connectivity index (χ4v) is 2.96. The molecule has 0 bridgehead atoms. The molecule has 0 amide bonds. The van der Waals surface area contributed by atoms with Crippen molar-refractivity contribution >= 4 is 29.9 Å². The molecule has 0 aliphatic heterocycles. The van der Waals surface area contributed by atoms with Gasteiger partial charge in [-0.25, -0.2) is 4.99 Å². The van der Waals surface area contributed by atoms with Gasteiger partial charge >= 0.3 is 6.61 Å². The number of rotatable bonds is 11. The first-order valence-electron chi connectivity index (χ1n) is 10.5. The van der Waals surface area contributed by atoms with Crippen LogP contribution in [0.4, 0.5) is 8.78 Å². The van der Waals surface area contributed by atoms with Gasteiger partial charge in [0.1, 0.15) is 11.5 Å². The summed E-state index contributed by atoms with van der Waals surface area (Å²) in [6.45, 7) is 1.14. The van der Waals surface area contributed by atoms with Gasteiger partial charge in [-0.15, -0.1) is 24.0 Å². The summed E-state index contributed by atoms with van der Waals surface area (Å²) >= 11 is 0. The van der Waals surface area contributed by atoms with Crippen molar-refractivity contribution in [1.82, 2.24) is 10.6 Å². The fourth-order valence-electron chi connectivity index (χ4n) is 2.96. The smallest absolute Gasteiger partial charge is 0.387 e. The molecule has 0 heterocycles. The molecule has 2 aromatic rings. The summed E-state index contributed by atoms with van der Waals surface area (Å²) in [5, 5.41) is 16.7. The summed E-state index contributed by atoms with van der Waals surface area (Å²) in [5.74, 6) is 2.14. The van der Waals surface area contributed by atoms with Crippen LogP contribution < -0.4 is 20.1 Å². The minimum absolute atomic E-state index is 0. The van der Waals surface area contributed by atoms with Crippen molar-refractivity contribution in [2.75, 3.05) is 19.7 Å². The lowest BCUT2D eigenvalue weighted by Crippen LogP contribution is -2.39. The zero-order valence-electron chi connectivity index (χ0n) is 18.0. The Labute approximate surface area is 204 Å². The first kappa shape index (κ1) is 26.1. The Kier molecular flexibility index (Phi) is 10.9. The standard InChI is InChI=1S/C23H29F2N3O3.HI/c1-2-26-23(27-13-18-5-3-4-6-21(18)30-15-16-7-8-16)28-14-20(29)17-9-11-19(12-10-17)31-22(24)25;/h3-6,9-12,16,20,22,29H,2,7-8,13-15H2,1H3,(H2,26,27,28);1H. The maximum atomic E-state index is 12.3. The maximum Gasteiger partial charge on any atom is 0.387 e. The fraction of sp³-hybridized carbons (Fsp3) is 0.435. The van der Waals surface area contributed by atoms with Crippen molar-refractivity contribution in [2.45, 2.75) is 39.0 Å². The van der Waals surface area contributed by atoms with E-state index in [0.717, 1.165) is 17.9 Å². The summed E-state index contributed by atoms with van der Waals surface area (Å²) < 4.78 is 34.8. The van der Waals surface area contributed by atoms with Crippen LogP contribution in [0, 0.1) is 5.92 Å². The molecule has 1 atom stereocenters. The molecule has 0 saturated heterocycles. The van der Waals surface area contributed by atoms with Gasteiger partial charge in [0.15, 0.2) is 5.96 Å². The lowest BCUT2D eigenvalue weighted by molar-refractivity contribution is -0.0498. The van der Waals surface area contributed by atoms with Crippen LogP contribution in [0.3, 0.4) is 0 Å². The van der Waals surface area contributed by atoms with Gasteiger partial charge in [0.25, 0.3) is 0 Å². The van der Waals surface area contributed by atoms with E-state index in [4.69, 9.17) is 4.74 Å². The minimum atomic E-state index is -2.87. The number of benzene rings is 2. The molecule has 0 aromatic heterocycles.